The minimum atomic E-state index is -0.611. The molecule has 6 heteroatoms. The lowest BCUT2D eigenvalue weighted by Crippen LogP contribution is -2.21. The summed E-state index contributed by atoms with van der Waals surface area (Å²) in [4.78, 5) is 28.8. The van der Waals surface area contributed by atoms with Crippen molar-refractivity contribution in [1.82, 2.24) is 4.98 Å². The van der Waals surface area contributed by atoms with E-state index in [1.54, 1.807) is 18.2 Å². The number of ether oxygens (including phenoxy) is 1. The van der Waals surface area contributed by atoms with Gasteiger partial charge in [0.1, 0.15) is 5.15 Å². The molecule has 3 aromatic rings. The van der Waals surface area contributed by atoms with Crippen molar-refractivity contribution in [2.45, 2.75) is 19.3 Å². The number of rotatable bonds is 4. The van der Waals surface area contributed by atoms with Gasteiger partial charge in [0, 0.05) is 11.1 Å². The van der Waals surface area contributed by atoms with Crippen molar-refractivity contribution in [2.24, 2.45) is 0 Å². The van der Waals surface area contributed by atoms with E-state index in [0.717, 1.165) is 19.3 Å². The second-order valence-corrected chi connectivity index (χ2v) is 6.86. The van der Waals surface area contributed by atoms with Gasteiger partial charge in [0.05, 0.1) is 11.1 Å². The fourth-order valence-corrected chi connectivity index (χ4v) is 3.57. The van der Waals surface area contributed by atoms with Crippen molar-refractivity contribution in [1.29, 1.82) is 0 Å². The van der Waals surface area contributed by atoms with Crippen LogP contribution in [0.1, 0.15) is 27.9 Å². The summed E-state index contributed by atoms with van der Waals surface area (Å²) >= 11 is 5.99. The number of nitrogens with one attached hydrogen (secondary N) is 1. The van der Waals surface area contributed by atoms with E-state index in [2.05, 4.69) is 10.3 Å². The number of para-hydroxylation sites is 1. The summed E-state index contributed by atoms with van der Waals surface area (Å²) in [6.07, 6.45) is 3.26. The van der Waals surface area contributed by atoms with E-state index < -0.39 is 5.97 Å². The van der Waals surface area contributed by atoms with Gasteiger partial charge in [-0.2, -0.15) is 0 Å². The summed E-state index contributed by atoms with van der Waals surface area (Å²) < 4.78 is 5.18. The van der Waals surface area contributed by atoms with E-state index in [0.29, 0.717) is 16.6 Å². The Morgan fingerprint density at radius 3 is 2.78 bits per heavy atom. The van der Waals surface area contributed by atoms with Gasteiger partial charge in [-0.25, -0.2) is 9.78 Å². The van der Waals surface area contributed by atoms with Crippen LogP contribution in [0.3, 0.4) is 0 Å². The first kappa shape index (κ1) is 17.5. The minimum absolute atomic E-state index is 0.197. The molecule has 0 spiro atoms. The highest BCUT2D eigenvalue weighted by Gasteiger charge is 2.16. The number of amides is 1. The zero-order valence-corrected chi connectivity index (χ0v) is 15.3. The largest absolute Gasteiger partial charge is 0.452 e. The summed E-state index contributed by atoms with van der Waals surface area (Å²) in [5.74, 6) is -0.995. The number of carbonyl (C=O) groups excluding carboxylic acids is 2. The summed E-state index contributed by atoms with van der Waals surface area (Å²) in [7, 11) is 0. The summed E-state index contributed by atoms with van der Waals surface area (Å²) in [6, 6.07) is 14.5. The fraction of sp³-hybridized carbons (Fsp3) is 0.190. The molecule has 1 N–H and O–H groups in total. The molecule has 4 rings (SSSR count). The van der Waals surface area contributed by atoms with Gasteiger partial charge in [0.25, 0.3) is 5.91 Å². The number of aryl methyl sites for hydroxylation is 2. The number of nitrogens with zero attached hydrogens (tertiary/aromatic N) is 1. The third-order valence-electron chi connectivity index (χ3n) is 4.62. The van der Waals surface area contributed by atoms with Gasteiger partial charge in [0.2, 0.25) is 0 Å². The van der Waals surface area contributed by atoms with E-state index in [9.17, 15) is 9.59 Å². The smallest absolute Gasteiger partial charge is 0.339 e. The first-order valence-electron chi connectivity index (χ1n) is 8.74. The number of hydrogen-bond acceptors (Lipinski definition) is 4. The Morgan fingerprint density at radius 2 is 1.89 bits per heavy atom. The molecular weight excluding hydrogens is 364 g/mol. The summed E-state index contributed by atoms with van der Waals surface area (Å²) in [5, 5.41) is 3.60. The first-order valence-corrected chi connectivity index (χ1v) is 9.12. The highest BCUT2D eigenvalue weighted by atomic mass is 35.5. The molecule has 1 aliphatic carbocycles. The Kier molecular flexibility index (Phi) is 4.77. The lowest BCUT2D eigenvalue weighted by molar-refractivity contribution is -0.119. The Morgan fingerprint density at radius 1 is 1.07 bits per heavy atom. The van der Waals surface area contributed by atoms with E-state index in [1.165, 1.54) is 17.2 Å². The van der Waals surface area contributed by atoms with Crippen molar-refractivity contribution in [3.8, 4) is 0 Å². The molecule has 1 aliphatic rings. The summed E-state index contributed by atoms with van der Waals surface area (Å²) in [5.41, 5.74) is 4.20. The molecule has 0 saturated heterocycles. The maximum Gasteiger partial charge on any atom is 0.339 e. The van der Waals surface area contributed by atoms with Crippen LogP contribution in [0.25, 0.3) is 10.9 Å². The SMILES string of the molecule is O=C(COC(=O)c1cc(Cl)nc2ccccc12)Nc1ccc2c(c1)CCC2. The third-order valence-corrected chi connectivity index (χ3v) is 4.82. The van der Waals surface area contributed by atoms with Crippen molar-refractivity contribution in [3.05, 3.63) is 70.4 Å². The quantitative estimate of drug-likeness (QED) is 0.544. The van der Waals surface area contributed by atoms with Crippen LogP contribution in [0.15, 0.2) is 48.5 Å². The molecule has 5 nitrogen and oxygen atoms in total. The Balaban J connectivity index is 1.43. The van der Waals surface area contributed by atoms with Gasteiger partial charge in [-0.1, -0.05) is 35.9 Å². The van der Waals surface area contributed by atoms with Gasteiger partial charge in [0.15, 0.2) is 6.61 Å². The van der Waals surface area contributed by atoms with Gasteiger partial charge >= 0.3 is 5.97 Å². The van der Waals surface area contributed by atoms with Crippen LogP contribution < -0.4 is 5.32 Å². The van der Waals surface area contributed by atoms with Crippen LogP contribution in [0.4, 0.5) is 5.69 Å². The van der Waals surface area contributed by atoms with Gasteiger partial charge in [-0.05, 0) is 54.7 Å². The standard InChI is InChI=1S/C21H17ClN2O3/c22-19-11-17(16-6-1-2-7-18(16)24-19)21(26)27-12-20(25)23-15-9-8-13-4-3-5-14(13)10-15/h1-2,6-11H,3-5,12H2,(H,23,25). The molecule has 0 bridgehead atoms. The molecule has 1 heterocycles. The Labute approximate surface area is 161 Å². The monoisotopic (exact) mass is 380 g/mol. The van der Waals surface area contributed by atoms with Gasteiger partial charge in [-0.3, -0.25) is 4.79 Å². The lowest BCUT2D eigenvalue weighted by Gasteiger charge is -2.09. The van der Waals surface area contributed by atoms with Gasteiger partial charge in [-0.15, -0.1) is 0 Å². The summed E-state index contributed by atoms with van der Waals surface area (Å²) in [6.45, 7) is -0.371. The number of aromatic nitrogens is 1. The van der Waals surface area contributed by atoms with Crippen molar-refractivity contribution >= 4 is 40.1 Å². The second-order valence-electron chi connectivity index (χ2n) is 6.47. The topological polar surface area (TPSA) is 68.3 Å². The predicted molar refractivity (Wildman–Crippen MR) is 104 cm³/mol. The number of hydrogen-bond donors (Lipinski definition) is 1. The number of esters is 1. The van der Waals surface area contributed by atoms with E-state index >= 15 is 0 Å². The molecular formula is C21H17ClN2O3. The van der Waals surface area contributed by atoms with E-state index in [-0.39, 0.29) is 23.2 Å². The number of carbonyl (C=O) groups is 2. The fourth-order valence-electron chi connectivity index (χ4n) is 3.37. The van der Waals surface area contributed by atoms with E-state index in [4.69, 9.17) is 16.3 Å². The van der Waals surface area contributed by atoms with Crippen molar-refractivity contribution in [2.75, 3.05) is 11.9 Å². The number of halogens is 1. The van der Waals surface area contributed by atoms with E-state index in [1.807, 2.05) is 24.3 Å². The molecule has 0 radical (unpaired) electrons. The normalized spacial score (nSPS) is 12.6. The van der Waals surface area contributed by atoms with Crippen LogP contribution in [0.2, 0.25) is 5.15 Å². The molecule has 0 fully saturated rings. The molecule has 136 valence electrons. The molecule has 27 heavy (non-hydrogen) atoms. The van der Waals surface area contributed by atoms with Crippen LogP contribution in [0, 0.1) is 0 Å². The molecule has 1 amide bonds. The first-order chi connectivity index (χ1) is 13.1. The van der Waals surface area contributed by atoms with Crippen molar-refractivity contribution < 1.29 is 14.3 Å². The Bertz CT molecular complexity index is 1050. The van der Waals surface area contributed by atoms with Crippen LogP contribution in [-0.4, -0.2) is 23.5 Å². The zero-order chi connectivity index (χ0) is 18.8. The third kappa shape index (κ3) is 3.78. The number of benzene rings is 2. The average molecular weight is 381 g/mol. The molecule has 1 aromatic heterocycles. The molecule has 0 saturated carbocycles. The highest BCUT2D eigenvalue weighted by Crippen LogP contribution is 2.25. The van der Waals surface area contributed by atoms with Crippen molar-refractivity contribution in [3.63, 3.8) is 0 Å². The van der Waals surface area contributed by atoms with Crippen LogP contribution >= 0.6 is 11.6 Å². The van der Waals surface area contributed by atoms with Crippen LogP contribution in [-0.2, 0) is 22.4 Å². The van der Waals surface area contributed by atoms with Gasteiger partial charge < -0.3 is 10.1 Å². The average Bonchev–Trinajstić information content (AvgIpc) is 3.13. The molecule has 0 aliphatic heterocycles. The highest BCUT2D eigenvalue weighted by molar-refractivity contribution is 6.30. The number of fused-ring (bicyclic) bond motifs is 2. The Hall–Kier alpha value is -2.92. The maximum atomic E-state index is 12.4. The number of anilines is 1. The zero-order valence-electron chi connectivity index (χ0n) is 14.5. The second kappa shape index (κ2) is 7.37. The van der Waals surface area contributed by atoms with Crippen LogP contribution in [0.5, 0.6) is 0 Å². The maximum absolute atomic E-state index is 12.4. The molecule has 2 aromatic carbocycles. The predicted octanol–water partition coefficient (Wildman–Crippen LogP) is 4.17. The minimum Gasteiger partial charge on any atom is -0.452 e. The molecule has 0 atom stereocenters. The molecule has 0 unspecified atom stereocenters. The lowest BCUT2D eigenvalue weighted by atomic mass is 10.1. The number of pyridine rings is 1.